The minimum atomic E-state index is -0.711. The number of ether oxygens (including phenoxy) is 2. The summed E-state index contributed by atoms with van der Waals surface area (Å²) in [5.41, 5.74) is 39.5. The van der Waals surface area contributed by atoms with E-state index in [1.54, 1.807) is 0 Å². The summed E-state index contributed by atoms with van der Waals surface area (Å²) in [6.07, 6.45) is 4.54. The second-order valence-electron chi connectivity index (χ2n) is 29.6. The van der Waals surface area contributed by atoms with Gasteiger partial charge in [0.05, 0.1) is 34.9 Å². The molecule has 16 aromatic rings. The van der Waals surface area contributed by atoms with Crippen LogP contribution in [0.15, 0.2) is 207 Å². The SMILES string of the molecule is Cc1c(C)c(-c2c(C)n3[n+](c2C)C24c5c(cccc5-3)Oc3ccc5c6ccccc6n(c5c32)-c2cccc[n+]24)c(C)c(C)c1-c1ccccc1.Cc1cccc(C)c1-c1c(C)c(C)c(-c2c(C)n3[n+](c2C)C24c5c(cccc5-3)Oc3ccc5c6ccccc6n(c5c32)-c2cccc[n+]24)c(C)c1C. The van der Waals surface area contributed by atoms with E-state index < -0.39 is 11.3 Å². The van der Waals surface area contributed by atoms with E-state index in [1.165, 1.54) is 189 Å². The highest BCUT2D eigenvalue weighted by molar-refractivity contribution is 6.13. The number of fused-ring (bicyclic) bond motifs is 14. The lowest BCUT2D eigenvalue weighted by Gasteiger charge is -2.33. The molecule has 2 spiro atoms. The maximum atomic E-state index is 6.93. The van der Waals surface area contributed by atoms with Gasteiger partial charge in [0.15, 0.2) is 22.2 Å². The number of hydrogen-bond donors (Lipinski definition) is 0. The van der Waals surface area contributed by atoms with E-state index in [0.717, 1.165) is 46.0 Å². The molecule has 102 heavy (non-hydrogen) atoms. The Kier molecular flexibility index (Phi) is 11.6. The number of aryl methyl sites for hydroxylation is 2. The molecule has 22 rings (SSSR count). The van der Waals surface area contributed by atoms with Gasteiger partial charge in [0, 0.05) is 47.5 Å². The van der Waals surface area contributed by atoms with Gasteiger partial charge in [-0.15, -0.1) is 9.36 Å². The van der Waals surface area contributed by atoms with E-state index in [2.05, 4.69) is 340 Å². The Bertz CT molecular complexity index is 6550. The molecule has 0 fully saturated rings. The van der Waals surface area contributed by atoms with Crippen molar-refractivity contribution in [3.05, 3.63) is 307 Å². The van der Waals surface area contributed by atoms with Gasteiger partial charge in [-0.1, -0.05) is 106 Å². The Morgan fingerprint density at radius 2 is 0.667 bits per heavy atom. The van der Waals surface area contributed by atoms with Crippen molar-refractivity contribution in [1.82, 2.24) is 18.5 Å². The van der Waals surface area contributed by atoms with Crippen LogP contribution in [0.1, 0.15) is 101 Å². The predicted octanol–water partition coefficient (Wildman–Crippen LogP) is 19.3. The van der Waals surface area contributed by atoms with Crippen LogP contribution in [-0.4, -0.2) is 18.5 Å². The number of benzene rings is 10. The zero-order valence-electron chi connectivity index (χ0n) is 60.0. The summed E-state index contributed by atoms with van der Waals surface area (Å²) in [6, 6.07) is 70.4. The molecule has 10 aromatic carbocycles. The molecule has 0 amide bonds. The monoisotopic (exact) mass is 1320 g/mol. The molecular weight excluding hydrogens is 1250 g/mol. The molecule has 0 radical (unpaired) electrons. The summed E-state index contributed by atoms with van der Waals surface area (Å²) in [5.74, 6) is 5.90. The van der Waals surface area contributed by atoms with Crippen molar-refractivity contribution >= 4 is 43.6 Å². The Balaban J connectivity index is 0.000000133. The molecule has 0 aliphatic carbocycles. The van der Waals surface area contributed by atoms with Gasteiger partial charge >= 0.3 is 11.3 Å². The third-order valence-corrected chi connectivity index (χ3v) is 25.0. The number of rotatable bonds is 4. The first-order valence-electron chi connectivity index (χ1n) is 36.0. The summed E-state index contributed by atoms with van der Waals surface area (Å²) in [7, 11) is 0. The smallest absolute Gasteiger partial charge is 0.397 e. The van der Waals surface area contributed by atoms with Crippen molar-refractivity contribution in [2.45, 2.75) is 108 Å². The first-order valence-corrected chi connectivity index (χ1v) is 36.0. The van der Waals surface area contributed by atoms with Crippen LogP contribution >= 0.6 is 0 Å². The average Bonchev–Trinajstić information content (AvgIpc) is 1.47. The third-order valence-electron chi connectivity index (χ3n) is 25.0. The molecule has 492 valence electrons. The van der Waals surface area contributed by atoms with Crippen LogP contribution in [0, 0.1) is 96.9 Å². The third kappa shape index (κ3) is 6.69. The molecule has 6 aromatic heterocycles. The highest BCUT2D eigenvalue weighted by Gasteiger charge is 2.72. The molecule has 6 aliphatic heterocycles. The Morgan fingerprint density at radius 1 is 0.294 bits per heavy atom. The van der Waals surface area contributed by atoms with Gasteiger partial charge in [-0.05, 0) is 257 Å². The minimum Gasteiger partial charge on any atom is -0.456 e. The van der Waals surface area contributed by atoms with Crippen LogP contribution in [0.25, 0.3) is 111 Å². The fraction of sp³-hybridized carbons (Fsp3) is 0.174. The maximum Gasteiger partial charge on any atom is 0.397 e. The molecule has 2 unspecified atom stereocenters. The minimum absolute atomic E-state index is 0.705. The Hall–Kier alpha value is -11.9. The quantitative estimate of drug-likeness (QED) is 0.165. The topological polar surface area (TPSA) is 53.7 Å². The number of aromatic nitrogens is 8. The van der Waals surface area contributed by atoms with Crippen molar-refractivity contribution in [3.8, 4) is 90.5 Å². The van der Waals surface area contributed by atoms with Gasteiger partial charge in [-0.25, -0.2) is 0 Å². The number of nitrogens with zero attached hydrogens (tertiary/aromatic N) is 8. The van der Waals surface area contributed by atoms with E-state index in [4.69, 9.17) is 9.47 Å². The van der Waals surface area contributed by atoms with E-state index in [1.807, 2.05) is 0 Å². The fourth-order valence-corrected chi connectivity index (χ4v) is 20.7. The zero-order chi connectivity index (χ0) is 69.3. The van der Waals surface area contributed by atoms with E-state index in [0.29, 0.717) is 0 Å². The lowest BCUT2D eigenvalue weighted by molar-refractivity contribution is -0.996. The first kappa shape index (κ1) is 59.0. The molecule has 0 bridgehead atoms. The van der Waals surface area contributed by atoms with Gasteiger partial charge in [0.2, 0.25) is 11.4 Å². The second kappa shape index (κ2) is 20.0. The van der Waals surface area contributed by atoms with Crippen molar-refractivity contribution in [1.29, 1.82) is 0 Å². The first-order chi connectivity index (χ1) is 49.5. The molecule has 2 atom stereocenters. The molecule has 0 N–H and O–H groups in total. The molecular formula is C92H76N8O2+4. The molecule has 10 nitrogen and oxygen atoms in total. The Labute approximate surface area is 592 Å². The summed E-state index contributed by atoms with van der Waals surface area (Å²) >= 11 is 0. The second-order valence-corrected chi connectivity index (χ2v) is 29.6. The lowest BCUT2D eigenvalue weighted by Crippen LogP contribution is -2.77. The summed E-state index contributed by atoms with van der Waals surface area (Å²) < 4.78 is 33.9. The molecule has 6 aliphatic rings. The molecule has 0 saturated carbocycles. The maximum absolute atomic E-state index is 6.93. The molecule has 12 heterocycles. The van der Waals surface area contributed by atoms with E-state index in [-0.39, 0.29) is 0 Å². The van der Waals surface area contributed by atoms with Gasteiger partial charge in [0.1, 0.15) is 56.5 Å². The normalized spacial score (nSPS) is 16.0. The van der Waals surface area contributed by atoms with Crippen molar-refractivity contribution < 1.29 is 28.0 Å². The fourth-order valence-electron chi connectivity index (χ4n) is 20.7. The van der Waals surface area contributed by atoms with Crippen molar-refractivity contribution in [3.63, 3.8) is 0 Å². The van der Waals surface area contributed by atoms with Gasteiger partial charge in [0.25, 0.3) is 11.6 Å². The molecule has 0 saturated heterocycles. The van der Waals surface area contributed by atoms with Crippen LogP contribution in [0.4, 0.5) is 0 Å². The van der Waals surface area contributed by atoms with Crippen LogP contribution in [0.5, 0.6) is 23.0 Å². The van der Waals surface area contributed by atoms with E-state index in [9.17, 15) is 0 Å². The number of pyridine rings is 2. The predicted molar refractivity (Wildman–Crippen MR) is 405 cm³/mol. The highest BCUT2D eigenvalue weighted by atomic mass is 16.5. The number of para-hydroxylation sites is 2. The zero-order valence-corrected chi connectivity index (χ0v) is 60.0. The lowest BCUT2D eigenvalue weighted by atomic mass is 9.80. The highest BCUT2D eigenvalue weighted by Crippen LogP contribution is 2.59. The van der Waals surface area contributed by atoms with Gasteiger partial charge < -0.3 is 9.47 Å². The van der Waals surface area contributed by atoms with Crippen molar-refractivity contribution in [2.75, 3.05) is 0 Å². The van der Waals surface area contributed by atoms with Crippen LogP contribution in [-0.2, 0) is 11.3 Å². The van der Waals surface area contributed by atoms with Crippen LogP contribution in [0.3, 0.4) is 0 Å². The average molecular weight is 1330 g/mol. The van der Waals surface area contributed by atoms with Crippen molar-refractivity contribution in [2.24, 2.45) is 0 Å². The largest absolute Gasteiger partial charge is 0.456 e. The van der Waals surface area contributed by atoms with E-state index >= 15 is 0 Å². The Morgan fingerprint density at radius 3 is 1.11 bits per heavy atom. The van der Waals surface area contributed by atoms with Gasteiger partial charge in [-0.3, -0.25) is 0 Å². The summed E-state index contributed by atoms with van der Waals surface area (Å²) in [4.78, 5) is 0. The summed E-state index contributed by atoms with van der Waals surface area (Å²) in [6.45, 7) is 32.3. The van der Waals surface area contributed by atoms with Crippen LogP contribution in [0.2, 0.25) is 0 Å². The number of hydrogen-bond acceptors (Lipinski definition) is 2. The standard InChI is InChI=1S/C47H40N4O.C45H36N4O/c1-25-15-13-16-26(2)40(25)41-27(3)29(5)42(30(6)28(41)4)43-31(7)50-36-19-14-20-37-44(36)47(51(50)32(43)8)45-38(52-37)23-22-34-33-17-9-10-18-35(33)49(46(34)45)39-21-11-12-24-48(39)47;1-25-27(3)40(28(4)26(2)39(25)31-15-8-7-9-16-31)41-29(5)48-35-19-14-20-36-42(35)45(49(48)30(41)6)43-37(50-36)23-22-33-32-17-10-11-18-34(32)47(44(33)43)38-21-12-13-24-46(38)45/h9-24H,1-8H3;7-24H,1-6H3/q2*+2. The molecule has 10 heteroatoms. The van der Waals surface area contributed by atoms with Crippen LogP contribution < -0.4 is 28.0 Å². The summed E-state index contributed by atoms with van der Waals surface area (Å²) in [5, 5.41) is 4.99. The van der Waals surface area contributed by atoms with Gasteiger partial charge in [-0.2, -0.15) is 18.3 Å².